The zero-order valence-corrected chi connectivity index (χ0v) is 12.2. The summed E-state index contributed by atoms with van der Waals surface area (Å²) in [5.74, 6) is 0.490. The molecule has 0 amide bonds. The number of halogens is 1. The summed E-state index contributed by atoms with van der Waals surface area (Å²) in [7, 11) is 1.50. The number of phenols is 1. The Kier molecular flexibility index (Phi) is 4.82. The Morgan fingerprint density at radius 3 is 2.80 bits per heavy atom. The monoisotopic (exact) mass is 292 g/mol. The number of phenolic OH excluding ortho intramolecular Hbond substituents is 1. The van der Waals surface area contributed by atoms with Gasteiger partial charge in [0.2, 0.25) is 0 Å². The van der Waals surface area contributed by atoms with Crippen molar-refractivity contribution in [2.24, 2.45) is 0 Å². The number of aromatic nitrogens is 1. The molecule has 0 aliphatic heterocycles. The summed E-state index contributed by atoms with van der Waals surface area (Å²) in [6, 6.07) is 9.19. The Morgan fingerprint density at radius 1 is 1.30 bits per heavy atom. The van der Waals surface area contributed by atoms with Crippen molar-refractivity contribution in [3.63, 3.8) is 0 Å². The fourth-order valence-corrected chi connectivity index (χ4v) is 2.17. The number of hydrogen-bond donors (Lipinski definition) is 2. The number of nitrogens with zero attached hydrogens (tertiary/aromatic N) is 1. The molecule has 20 heavy (non-hydrogen) atoms. The van der Waals surface area contributed by atoms with Gasteiger partial charge in [-0.15, -0.1) is 0 Å². The number of aryl methyl sites for hydroxylation is 1. The highest BCUT2D eigenvalue weighted by Crippen LogP contribution is 2.33. The summed E-state index contributed by atoms with van der Waals surface area (Å²) in [5, 5.41) is 13.8. The molecular formula is C15H17ClN2O2. The largest absolute Gasteiger partial charge is 0.504 e. The fourth-order valence-electron chi connectivity index (χ4n) is 1.94. The molecule has 0 bridgehead atoms. The van der Waals surface area contributed by atoms with Gasteiger partial charge in [0.05, 0.1) is 12.8 Å². The molecule has 1 heterocycles. The van der Waals surface area contributed by atoms with Gasteiger partial charge in [-0.25, -0.2) is 0 Å². The summed E-state index contributed by atoms with van der Waals surface area (Å²) < 4.78 is 5.07. The summed E-state index contributed by atoms with van der Waals surface area (Å²) in [6.45, 7) is 3.06. The third-order valence-electron chi connectivity index (χ3n) is 2.91. The van der Waals surface area contributed by atoms with E-state index in [4.69, 9.17) is 16.3 Å². The number of rotatable bonds is 5. The molecule has 0 aliphatic rings. The number of pyridine rings is 1. The van der Waals surface area contributed by atoms with Crippen LogP contribution in [0.1, 0.15) is 17.0 Å². The van der Waals surface area contributed by atoms with Crippen molar-refractivity contribution < 1.29 is 9.84 Å². The number of methoxy groups -OCH3 is 1. The van der Waals surface area contributed by atoms with Crippen molar-refractivity contribution in [3.8, 4) is 11.5 Å². The van der Waals surface area contributed by atoms with Crippen LogP contribution in [0.3, 0.4) is 0 Å². The van der Waals surface area contributed by atoms with Crippen LogP contribution in [-0.2, 0) is 13.1 Å². The standard InChI is InChI=1S/C15H17ClN2O2/c1-10-4-3-5-13(18-10)9-17-8-11-6-12(16)7-14(20-2)15(11)19/h3-7,17,19H,8-9H2,1-2H3. The molecular weight excluding hydrogens is 276 g/mol. The van der Waals surface area contributed by atoms with Crippen LogP contribution in [0.5, 0.6) is 11.5 Å². The van der Waals surface area contributed by atoms with Gasteiger partial charge in [0.25, 0.3) is 0 Å². The van der Waals surface area contributed by atoms with Crippen molar-refractivity contribution in [2.75, 3.05) is 7.11 Å². The second kappa shape index (κ2) is 6.59. The Labute approximate surface area is 123 Å². The van der Waals surface area contributed by atoms with Crippen LogP contribution in [-0.4, -0.2) is 17.2 Å². The summed E-state index contributed by atoms with van der Waals surface area (Å²) >= 11 is 5.99. The molecule has 0 aliphatic carbocycles. The first-order valence-electron chi connectivity index (χ1n) is 6.29. The predicted molar refractivity (Wildman–Crippen MR) is 79.2 cm³/mol. The van der Waals surface area contributed by atoms with E-state index in [1.165, 1.54) is 7.11 Å². The topological polar surface area (TPSA) is 54.4 Å². The van der Waals surface area contributed by atoms with E-state index in [0.29, 0.717) is 29.4 Å². The fraction of sp³-hybridized carbons (Fsp3) is 0.267. The maximum Gasteiger partial charge on any atom is 0.162 e. The molecule has 0 spiro atoms. The van der Waals surface area contributed by atoms with Crippen LogP contribution in [0, 0.1) is 6.92 Å². The van der Waals surface area contributed by atoms with Crippen LogP contribution >= 0.6 is 11.6 Å². The van der Waals surface area contributed by atoms with Crippen LogP contribution in [0.4, 0.5) is 0 Å². The smallest absolute Gasteiger partial charge is 0.162 e. The first-order chi connectivity index (χ1) is 9.60. The molecule has 0 fully saturated rings. The highest BCUT2D eigenvalue weighted by atomic mass is 35.5. The zero-order valence-electron chi connectivity index (χ0n) is 11.5. The molecule has 4 nitrogen and oxygen atoms in total. The van der Waals surface area contributed by atoms with E-state index in [-0.39, 0.29) is 5.75 Å². The van der Waals surface area contributed by atoms with E-state index in [1.807, 2.05) is 25.1 Å². The Hall–Kier alpha value is -1.78. The minimum atomic E-state index is 0.113. The minimum Gasteiger partial charge on any atom is -0.504 e. The van der Waals surface area contributed by atoms with Crippen molar-refractivity contribution in [1.29, 1.82) is 0 Å². The molecule has 1 aromatic carbocycles. The van der Waals surface area contributed by atoms with Crippen LogP contribution in [0.15, 0.2) is 30.3 Å². The number of benzene rings is 1. The van der Waals surface area contributed by atoms with Crippen molar-refractivity contribution >= 4 is 11.6 Å². The van der Waals surface area contributed by atoms with Crippen LogP contribution < -0.4 is 10.1 Å². The molecule has 0 saturated carbocycles. The van der Waals surface area contributed by atoms with E-state index >= 15 is 0 Å². The molecule has 0 unspecified atom stereocenters. The highest BCUT2D eigenvalue weighted by Gasteiger charge is 2.09. The van der Waals surface area contributed by atoms with Gasteiger partial charge < -0.3 is 15.2 Å². The Balaban J connectivity index is 2.02. The number of ether oxygens (including phenoxy) is 1. The molecule has 0 atom stereocenters. The van der Waals surface area contributed by atoms with Crippen molar-refractivity contribution in [2.45, 2.75) is 20.0 Å². The van der Waals surface area contributed by atoms with Gasteiger partial charge in [-0.2, -0.15) is 0 Å². The second-order valence-corrected chi connectivity index (χ2v) is 4.93. The maximum absolute atomic E-state index is 10.0. The molecule has 0 saturated heterocycles. The van der Waals surface area contributed by atoms with Crippen LogP contribution in [0.25, 0.3) is 0 Å². The molecule has 2 aromatic rings. The predicted octanol–water partition coefficient (Wildman–Crippen LogP) is 3.05. The normalized spacial score (nSPS) is 10.6. The lowest BCUT2D eigenvalue weighted by Gasteiger charge is -2.11. The Bertz CT molecular complexity index is 602. The number of nitrogens with one attached hydrogen (secondary N) is 1. The minimum absolute atomic E-state index is 0.113. The van der Waals surface area contributed by atoms with Gasteiger partial charge in [-0.1, -0.05) is 17.7 Å². The lowest BCUT2D eigenvalue weighted by molar-refractivity contribution is 0.369. The van der Waals surface area contributed by atoms with E-state index in [9.17, 15) is 5.11 Å². The van der Waals surface area contributed by atoms with Gasteiger partial charge in [-0.3, -0.25) is 4.98 Å². The molecule has 1 aromatic heterocycles. The van der Waals surface area contributed by atoms with Gasteiger partial charge in [-0.05, 0) is 25.1 Å². The summed E-state index contributed by atoms with van der Waals surface area (Å²) in [4.78, 5) is 4.40. The average molecular weight is 293 g/mol. The lowest BCUT2D eigenvalue weighted by Crippen LogP contribution is -2.14. The number of aromatic hydroxyl groups is 1. The van der Waals surface area contributed by atoms with E-state index in [0.717, 1.165) is 11.4 Å². The van der Waals surface area contributed by atoms with Gasteiger partial charge in [0.1, 0.15) is 0 Å². The summed E-state index contributed by atoms with van der Waals surface area (Å²) in [6.07, 6.45) is 0. The average Bonchev–Trinajstić information content (AvgIpc) is 2.42. The van der Waals surface area contributed by atoms with E-state index in [1.54, 1.807) is 12.1 Å². The first-order valence-corrected chi connectivity index (χ1v) is 6.66. The van der Waals surface area contributed by atoms with Crippen molar-refractivity contribution in [3.05, 3.63) is 52.3 Å². The lowest BCUT2D eigenvalue weighted by atomic mass is 10.2. The molecule has 5 heteroatoms. The highest BCUT2D eigenvalue weighted by molar-refractivity contribution is 6.30. The van der Waals surface area contributed by atoms with Gasteiger partial charge in [0, 0.05) is 35.4 Å². The second-order valence-electron chi connectivity index (χ2n) is 4.49. The zero-order chi connectivity index (χ0) is 14.5. The maximum atomic E-state index is 10.0. The molecule has 2 rings (SSSR count). The number of hydrogen-bond acceptors (Lipinski definition) is 4. The van der Waals surface area contributed by atoms with E-state index < -0.39 is 0 Å². The first kappa shape index (κ1) is 14.6. The molecule has 0 radical (unpaired) electrons. The Morgan fingerprint density at radius 2 is 2.10 bits per heavy atom. The third kappa shape index (κ3) is 3.62. The summed E-state index contributed by atoms with van der Waals surface area (Å²) in [5.41, 5.74) is 2.64. The van der Waals surface area contributed by atoms with Crippen molar-refractivity contribution in [1.82, 2.24) is 10.3 Å². The van der Waals surface area contributed by atoms with Gasteiger partial charge >= 0.3 is 0 Å². The molecule has 106 valence electrons. The van der Waals surface area contributed by atoms with E-state index in [2.05, 4.69) is 10.3 Å². The van der Waals surface area contributed by atoms with Crippen LogP contribution in [0.2, 0.25) is 5.02 Å². The van der Waals surface area contributed by atoms with Gasteiger partial charge in [0.15, 0.2) is 11.5 Å². The molecule has 2 N–H and O–H groups in total. The third-order valence-corrected chi connectivity index (χ3v) is 3.12. The quantitative estimate of drug-likeness (QED) is 0.889. The SMILES string of the molecule is COc1cc(Cl)cc(CNCc2cccc(C)n2)c1O.